The number of benzene rings is 1. The molecule has 1 aromatic carbocycles. The van der Waals surface area contributed by atoms with Gasteiger partial charge in [0.2, 0.25) is 11.9 Å². The Labute approximate surface area is 135 Å². The molecule has 0 amide bonds. The molecule has 7 heteroatoms. The average molecular weight is 316 g/mol. The van der Waals surface area contributed by atoms with Crippen LogP contribution in [0.2, 0.25) is 0 Å². The first-order valence-corrected chi connectivity index (χ1v) is 7.67. The molecule has 0 radical (unpaired) electrons. The van der Waals surface area contributed by atoms with E-state index in [0.717, 1.165) is 12.1 Å². The summed E-state index contributed by atoms with van der Waals surface area (Å²) in [5, 5.41) is 0. The van der Waals surface area contributed by atoms with Crippen molar-refractivity contribution in [3.63, 3.8) is 0 Å². The molecule has 0 spiro atoms. The van der Waals surface area contributed by atoms with Crippen molar-refractivity contribution >= 4 is 11.9 Å². The summed E-state index contributed by atoms with van der Waals surface area (Å²) in [5.74, 6) is 1.24. The van der Waals surface area contributed by atoms with Crippen molar-refractivity contribution in [3.05, 3.63) is 41.5 Å². The molecule has 0 atom stereocenters. The molecule has 0 bridgehead atoms. The summed E-state index contributed by atoms with van der Waals surface area (Å²) in [6.07, 6.45) is 2.34. The molecule has 23 heavy (non-hydrogen) atoms. The Bertz CT molecular complexity index is 669. The van der Waals surface area contributed by atoms with Crippen LogP contribution < -0.4 is 10.6 Å². The lowest BCUT2D eigenvalue weighted by atomic mass is 10.2. The van der Waals surface area contributed by atoms with Crippen molar-refractivity contribution in [1.29, 1.82) is 0 Å². The van der Waals surface area contributed by atoms with Crippen molar-refractivity contribution in [2.45, 2.75) is 32.0 Å². The van der Waals surface area contributed by atoms with Gasteiger partial charge in [-0.15, -0.1) is 0 Å². The van der Waals surface area contributed by atoms with Crippen LogP contribution in [0.15, 0.2) is 24.3 Å². The number of hydrogen-bond donors (Lipinski definition) is 1. The molecule has 2 N–H and O–H groups in total. The minimum atomic E-state index is -0.215. The van der Waals surface area contributed by atoms with E-state index < -0.39 is 0 Å². The summed E-state index contributed by atoms with van der Waals surface area (Å²) in [7, 11) is 3.74. The highest BCUT2D eigenvalue weighted by atomic mass is 19.1. The van der Waals surface area contributed by atoms with Gasteiger partial charge >= 0.3 is 0 Å². The third-order valence-electron chi connectivity index (χ3n) is 3.79. The SMILES string of the molecule is CN(C)c1nc(N)nc(CN(Cc2ccc(F)cc2)C2CC2)n1. The fourth-order valence-electron chi connectivity index (χ4n) is 2.46. The van der Waals surface area contributed by atoms with Crippen molar-refractivity contribution in [3.8, 4) is 0 Å². The van der Waals surface area contributed by atoms with Gasteiger partial charge in [0, 0.05) is 26.7 Å². The molecule has 6 nitrogen and oxygen atoms in total. The molecule has 0 unspecified atom stereocenters. The van der Waals surface area contributed by atoms with Crippen LogP contribution >= 0.6 is 0 Å². The van der Waals surface area contributed by atoms with E-state index in [0.29, 0.717) is 24.4 Å². The molecular formula is C16H21FN6. The van der Waals surface area contributed by atoms with E-state index in [9.17, 15) is 4.39 Å². The van der Waals surface area contributed by atoms with Gasteiger partial charge < -0.3 is 10.6 Å². The van der Waals surface area contributed by atoms with E-state index in [1.54, 1.807) is 0 Å². The summed E-state index contributed by atoms with van der Waals surface area (Å²) in [6, 6.07) is 7.15. The second-order valence-electron chi connectivity index (χ2n) is 6.07. The van der Waals surface area contributed by atoms with Gasteiger partial charge in [-0.3, -0.25) is 4.90 Å². The Balaban J connectivity index is 1.76. The normalized spacial score (nSPS) is 14.3. The van der Waals surface area contributed by atoms with Gasteiger partial charge in [-0.1, -0.05) is 12.1 Å². The number of halogens is 1. The average Bonchev–Trinajstić information content (AvgIpc) is 3.33. The molecule has 0 aliphatic heterocycles. The molecular weight excluding hydrogens is 295 g/mol. The van der Waals surface area contributed by atoms with Crippen LogP contribution in [0.5, 0.6) is 0 Å². The third-order valence-corrected chi connectivity index (χ3v) is 3.79. The third kappa shape index (κ3) is 4.13. The zero-order chi connectivity index (χ0) is 16.4. The first-order valence-electron chi connectivity index (χ1n) is 7.67. The topological polar surface area (TPSA) is 71.2 Å². The summed E-state index contributed by atoms with van der Waals surface area (Å²) < 4.78 is 13.0. The molecule has 0 saturated heterocycles. The quantitative estimate of drug-likeness (QED) is 0.876. The van der Waals surface area contributed by atoms with Crippen LogP contribution in [-0.2, 0) is 13.1 Å². The zero-order valence-corrected chi connectivity index (χ0v) is 13.4. The molecule has 1 saturated carbocycles. The number of aromatic nitrogens is 3. The Morgan fingerprint density at radius 3 is 2.39 bits per heavy atom. The molecule has 1 aliphatic rings. The van der Waals surface area contributed by atoms with Crippen LogP contribution in [0, 0.1) is 5.82 Å². The van der Waals surface area contributed by atoms with E-state index >= 15 is 0 Å². The maximum absolute atomic E-state index is 13.0. The predicted molar refractivity (Wildman–Crippen MR) is 87.2 cm³/mol. The minimum Gasteiger partial charge on any atom is -0.368 e. The van der Waals surface area contributed by atoms with Gasteiger partial charge in [0.05, 0.1) is 6.54 Å². The minimum absolute atomic E-state index is 0.215. The Hall–Kier alpha value is -2.28. The molecule has 1 aromatic heterocycles. The van der Waals surface area contributed by atoms with E-state index in [1.165, 1.54) is 25.0 Å². The summed E-state index contributed by atoms with van der Waals surface area (Å²) in [6.45, 7) is 1.35. The van der Waals surface area contributed by atoms with Gasteiger partial charge in [-0.05, 0) is 30.5 Å². The number of rotatable bonds is 6. The number of hydrogen-bond acceptors (Lipinski definition) is 6. The Kier molecular flexibility index (Phi) is 4.38. The van der Waals surface area contributed by atoms with Gasteiger partial charge in [-0.25, -0.2) is 4.39 Å². The highest BCUT2D eigenvalue weighted by Gasteiger charge is 2.29. The maximum Gasteiger partial charge on any atom is 0.229 e. The summed E-state index contributed by atoms with van der Waals surface area (Å²) in [4.78, 5) is 16.9. The number of anilines is 2. The highest BCUT2D eigenvalue weighted by molar-refractivity contribution is 5.32. The first-order chi connectivity index (χ1) is 11.0. The fourth-order valence-corrected chi connectivity index (χ4v) is 2.46. The number of nitrogens with two attached hydrogens (primary N) is 1. The highest BCUT2D eigenvalue weighted by Crippen LogP contribution is 2.29. The van der Waals surface area contributed by atoms with E-state index in [-0.39, 0.29) is 11.8 Å². The van der Waals surface area contributed by atoms with Crippen molar-refractivity contribution in [2.75, 3.05) is 24.7 Å². The van der Waals surface area contributed by atoms with Gasteiger partial charge in [0.25, 0.3) is 0 Å². The van der Waals surface area contributed by atoms with Crippen LogP contribution in [0.4, 0.5) is 16.3 Å². The molecule has 1 heterocycles. The smallest absolute Gasteiger partial charge is 0.229 e. The maximum atomic E-state index is 13.0. The lowest BCUT2D eigenvalue weighted by Crippen LogP contribution is -2.27. The summed E-state index contributed by atoms with van der Waals surface area (Å²) >= 11 is 0. The van der Waals surface area contributed by atoms with Gasteiger partial charge in [0.15, 0.2) is 0 Å². The second-order valence-corrected chi connectivity index (χ2v) is 6.07. The number of nitrogens with zero attached hydrogens (tertiary/aromatic N) is 5. The van der Waals surface area contributed by atoms with Crippen molar-refractivity contribution < 1.29 is 4.39 Å². The van der Waals surface area contributed by atoms with E-state index in [4.69, 9.17) is 5.73 Å². The lowest BCUT2D eigenvalue weighted by molar-refractivity contribution is 0.239. The van der Waals surface area contributed by atoms with Crippen LogP contribution in [-0.4, -0.2) is 40.0 Å². The molecule has 2 aromatic rings. The molecule has 3 rings (SSSR count). The monoisotopic (exact) mass is 316 g/mol. The van der Waals surface area contributed by atoms with Crippen LogP contribution in [0.3, 0.4) is 0 Å². The predicted octanol–water partition coefficient (Wildman–Crippen LogP) is 1.82. The first kappa shape index (κ1) is 15.6. The van der Waals surface area contributed by atoms with Crippen LogP contribution in [0.25, 0.3) is 0 Å². The van der Waals surface area contributed by atoms with Gasteiger partial charge in [0.1, 0.15) is 11.6 Å². The largest absolute Gasteiger partial charge is 0.368 e. The zero-order valence-electron chi connectivity index (χ0n) is 13.4. The Morgan fingerprint density at radius 2 is 1.78 bits per heavy atom. The van der Waals surface area contributed by atoms with E-state index in [2.05, 4.69) is 19.9 Å². The number of nitrogen functional groups attached to an aromatic ring is 1. The Morgan fingerprint density at radius 1 is 1.09 bits per heavy atom. The van der Waals surface area contributed by atoms with Crippen molar-refractivity contribution in [1.82, 2.24) is 19.9 Å². The molecule has 1 fully saturated rings. The second kappa shape index (κ2) is 6.45. The van der Waals surface area contributed by atoms with E-state index in [1.807, 2.05) is 31.1 Å². The lowest BCUT2D eigenvalue weighted by Gasteiger charge is -2.22. The van der Waals surface area contributed by atoms with Gasteiger partial charge in [-0.2, -0.15) is 15.0 Å². The molecule has 1 aliphatic carbocycles. The molecule has 122 valence electrons. The fraction of sp³-hybridized carbons (Fsp3) is 0.438. The standard InChI is InChI=1S/C16H21FN6/c1-22(2)16-20-14(19-15(18)21-16)10-23(13-7-8-13)9-11-3-5-12(17)6-4-11/h3-6,13H,7-10H2,1-2H3,(H2,18,19,20,21). The van der Waals surface area contributed by atoms with Crippen molar-refractivity contribution in [2.24, 2.45) is 0 Å². The summed E-state index contributed by atoms with van der Waals surface area (Å²) in [5.41, 5.74) is 6.86. The van der Waals surface area contributed by atoms with Crippen LogP contribution in [0.1, 0.15) is 24.2 Å².